The molecule has 2 bridgehead atoms. The Morgan fingerprint density at radius 1 is 1.06 bits per heavy atom. The summed E-state index contributed by atoms with van der Waals surface area (Å²) in [5.74, 6) is 0.327. The number of morpholine rings is 1. The summed E-state index contributed by atoms with van der Waals surface area (Å²) in [4.78, 5) is 21.1. The SMILES string of the molecule is C=CCO[C@]1(CN2CCN3CCOC[C@@H]3C2)/C=C/C[C@H](C)[C@@H](C)S(=O)(=O)NC(=O)c2ccc3c(c2)N(CCCCc2cc(Cl)ccc2CO3)C[C@@H]2CC[C@H]21. The maximum Gasteiger partial charge on any atom is 0.264 e. The number of sulfonamides is 1. The molecule has 6 atom stereocenters. The molecule has 3 fully saturated rings. The number of nitrogens with zero attached hydrogens (tertiary/aromatic N) is 3. The first-order valence-electron chi connectivity index (χ1n) is 19.9. The number of carbonyl (C=O) groups excluding carboxylic acids is 1. The lowest BCUT2D eigenvalue weighted by Crippen LogP contribution is -2.62. The van der Waals surface area contributed by atoms with E-state index in [0.717, 1.165) is 102 Å². The van der Waals surface area contributed by atoms with Gasteiger partial charge in [0.1, 0.15) is 18.0 Å². The fraction of sp³-hybridized carbons (Fsp3) is 0.595. The second-order valence-electron chi connectivity index (χ2n) is 16.1. The minimum absolute atomic E-state index is 0.221. The molecule has 1 N–H and O–H groups in total. The van der Waals surface area contributed by atoms with Crippen molar-refractivity contribution in [3.63, 3.8) is 0 Å². The van der Waals surface area contributed by atoms with Gasteiger partial charge in [0, 0.05) is 62.4 Å². The van der Waals surface area contributed by atoms with Crippen molar-refractivity contribution < 1.29 is 27.4 Å². The Morgan fingerprint density at radius 3 is 2.74 bits per heavy atom. The molecular formula is C42H57ClN4O6S. The molecule has 0 unspecified atom stereocenters. The van der Waals surface area contributed by atoms with E-state index < -0.39 is 26.8 Å². The number of aryl methyl sites for hydroxylation is 1. The standard InChI is InChI=1S/C42H57ClN4O6S/c1-4-21-53-42(29-45-18-19-46-20-22-51-28-37(46)26-45)16-7-8-30(2)31(3)54(49,50)44-41(48)33-12-15-40-39(24-33)47(25-34-11-14-38(34)42)17-6-5-9-32-23-36(43)13-10-35(32)27-52-40/h4,7,10,12-13,15-16,23-24,30-31,34,37-38H,1,5-6,8-9,11,14,17-22,25-29H2,2-3H3,(H,44,48)/b16-7+/t30-,31+,34-,37-,38+,42-/m0/s1. The molecule has 0 radical (unpaired) electrons. The number of hydrogen-bond acceptors (Lipinski definition) is 9. The van der Waals surface area contributed by atoms with Crippen LogP contribution in [0.2, 0.25) is 5.02 Å². The smallest absolute Gasteiger partial charge is 0.264 e. The molecule has 0 aromatic heterocycles. The first-order valence-corrected chi connectivity index (χ1v) is 21.8. The zero-order valence-corrected chi connectivity index (χ0v) is 33.5. The third kappa shape index (κ3) is 8.71. The van der Waals surface area contributed by atoms with Gasteiger partial charge < -0.3 is 19.1 Å². The summed E-state index contributed by atoms with van der Waals surface area (Å²) >= 11 is 6.42. The number of anilines is 1. The lowest BCUT2D eigenvalue weighted by Gasteiger charge is -2.53. The van der Waals surface area contributed by atoms with Gasteiger partial charge in [-0.25, -0.2) is 13.1 Å². The van der Waals surface area contributed by atoms with E-state index in [1.807, 2.05) is 43.3 Å². The minimum atomic E-state index is -3.98. The molecule has 0 spiro atoms. The van der Waals surface area contributed by atoms with Gasteiger partial charge in [-0.15, -0.1) is 6.58 Å². The van der Waals surface area contributed by atoms with Crippen LogP contribution in [-0.4, -0.2) is 107 Å². The lowest BCUT2D eigenvalue weighted by molar-refractivity contribution is -0.117. The topological polar surface area (TPSA) is 101 Å². The van der Waals surface area contributed by atoms with Crippen molar-refractivity contribution in [3.05, 3.63) is 82.9 Å². The molecule has 5 aliphatic rings. The molecule has 54 heavy (non-hydrogen) atoms. The quantitative estimate of drug-likeness (QED) is 0.362. The first kappa shape index (κ1) is 39.3. The van der Waals surface area contributed by atoms with E-state index in [0.29, 0.717) is 47.9 Å². The molecule has 2 aromatic carbocycles. The van der Waals surface area contributed by atoms with E-state index >= 15 is 0 Å². The summed E-state index contributed by atoms with van der Waals surface area (Å²) in [6.45, 7) is 16.1. The Bertz CT molecular complexity index is 1810. The Hall–Kier alpha value is -2.93. The number of benzene rings is 2. The van der Waals surface area contributed by atoms with Crippen LogP contribution in [-0.2, 0) is 32.5 Å². The Morgan fingerprint density at radius 2 is 1.93 bits per heavy atom. The van der Waals surface area contributed by atoms with Crippen molar-refractivity contribution in [1.29, 1.82) is 0 Å². The molecule has 1 amide bonds. The number of fused-ring (bicyclic) bond motifs is 4. The largest absolute Gasteiger partial charge is 0.487 e. The van der Waals surface area contributed by atoms with Gasteiger partial charge >= 0.3 is 0 Å². The monoisotopic (exact) mass is 780 g/mol. The van der Waals surface area contributed by atoms with Gasteiger partial charge in [-0.3, -0.25) is 14.6 Å². The van der Waals surface area contributed by atoms with Crippen LogP contribution < -0.4 is 14.4 Å². The maximum absolute atomic E-state index is 13.7. The molecular weight excluding hydrogens is 724 g/mol. The lowest BCUT2D eigenvalue weighted by atomic mass is 9.63. The van der Waals surface area contributed by atoms with E-state index in [1.165, 1.54) is 5.56 Å². The van der Waals surface area contributed by atoms with Crippen molar-refractivity contribution in [1.82, 2.24) is 14.5 Å². The Balaban J connectivity index is 1.27. The number of amides is 1. The summed E-state index contributed by atoms with van der Waals surface area (Å²) in [7, 11) is -3.98. The molecule has 7 rings (SSSR count). The minimum Gasteiger partial charge on any atom is -0.487 e. The van der Waals surface area contributed by atoms with Crippen LogP contribution in [0.4, 0.5) is 5.69 Å². The summed E-state index contributed by atoms with van der Waals surface area (Å²) in [5.41, 5.74) is 2.76. The van der Waals surface area contributed by atoms with Crippen LogP contribution in [0.3, 0.4) is 0 Å². The molecule has 12 heteroatoms. The van der Waals surface area contributed by atoms with E-state index in [9.17, 15) is 13.2 Å². The Kier molecular flexibility index (Phi) is 12.4. The summed E-state index contributed by atoms with van der Waals surface area (Å²) in [5, 5.41) is -0.0859. The van der Waals surface area contributed by atoms with E-state index in [4.69, 9.17) is 25.8 Å². The van der Waals surface area contributed by atoms with Crippen LogP contribution >= 0.6 is 11.6 Å². The Labute approximate surface area is 326 Å². The van der Waals surface area contributed by atoms with Crippen molar-refractivity contribution >= 4 is 33.2 Å². The predicted octanol–water partition coefficient (Wildman–Crippen LogP) is 6.09. The third-order valence-electron chi connectivity index (χ3n) is 12.6. The number of carbonyl (C=O) groups is 1. The zero-order valence-electron chi connectivity index (χ0n) is 31.9. The number of allylic oxidation sites excluding steroid dienone is 1. The van der Waals surface area contributed by atoms with Crippen LogP contribution in [0.15, 0.2) is 61.2 Å². The highest BCUT2D eigenvalue weighted by Crippen LogP contribution is 2.47. The summed E-state index contributed by atoms with van der Waals surface area (Å²) in [6.07, 6.45) is 11.6. The van der Waals surface area contributed by atoms with Crippen LogP contribution in [0.5, 0.6) is 5.75 Å². The second-order valence-corrected chi connectivity index (χ2v) is 18.6. The molecule has 1 saturated carbocycles. The van der Waals surface area contributed by atoms with Crippen molar-refractivity contribution in [3.8, 4) is 5.75 Å². The highest BCUT2D eigenvalue weighted by atomic mass is 35.5. The normalized spacial score (nSPS) is 31.6. The molecule has 1 aliphatic carbocycles. The first-order chi connectivity index (χ1) is 26.0. The van der Waals surface area contributed by atoms with Gasteiger partial charge in [0.05, 0.1) is 30.8 Å². The predicted molar refractivity (Wildman–Crippen MR) is 214 cm³/mol. The number of hydrogen-bond donors (Lipinski definition) is 1. The average molecular weight is 781 g/mol. The van der Waals surface area contributed by atoms with Crippen LogP contribution in [0.1, 0.15) is 67.4 Å². The van der Waals surface area contributed by atoms with Crippen molar-refractivity contribution in [2.45, 2.75) is 75.9 Å². The summed E-state index contributed by atoms with van der Waals surface area (Å²) in [6, 6.07) is 11.6. The summed E-state index contributed by atoms with van der Waals surface area (Å²) < 4.78 is 49.2. The van der Waals surface area contributed by atoms with Gasteiger partial charge in [-0.05, 0) is 105 Å². The van der Waals surface area contributed by atoms with E-state index in [-0.39, 0.29) is 11.8 Å². The van der Waals surface area contributed by atoms with Crippen molar-refractivity contribution in [2.24, 2.45) is 17.8 Å². The molecule has 4 aliphatic heterocycles. The van der Waals surface area contributed by atoms with Crippen LogP contribution in [0.25, 0.3) is 0 Å². The average Bonchev–Trinajstić information content (AvgIpc) is 3.17. The van der Waals surface area contributed by atoms with Gasteiger partial charge in [-0.2, -0.15) is 0 Å². The van der Waals surface area contributed by atoms with Crippen molar-refractivity contribution in [2.75, 3.05) is 70.5 Å². The molecule has 2 saturated heterocycles. The van der Waals surface area contributed by atoms with Gasteiger partial charge in [-0.1, -0.05) is 42.8 Å². The molecule has 10 nitrogen and oxygen atoms in total. The zero-order chi connectivity index (χ0) is 37.9. The number of nitrogens with one attached hydrogen (secondary N) is 1. The number of ether oxygens (including phenoxy) is 3. The van der Waals surface area contributed by atoms with Gasteiger partial charge in [0.15, 0.2) is 0 Å². The molecule has 2 aromatic rings. The highest BCUT2D eigenvalue weighted by molar-refractivity contribution is 7.90. The third-order valence-corrected chi connectivity index (χ3v) is 14.8. The van der Waals surface area contributed by atoms with Gasteiger partial charge in [0.25, 0.3) is 5.91 Å². The fourth-order valence-electron chi connectivity index (χ4n) is 9.07. The highest BCUT2D eigenvalue weighted by Gasteiger charge is 2.49. The van der Waals surface area contributed by atoms with E-state index in [2.05, 4.69) is 38.2 Å². The maximum atomic E-state index is 13.7. The number of rotatable bonds is 5. The second kappa shape index (κ2) is 17.1. The number of halogens is 1. The number of piperazine rings is 1. The molecule has 4 heterocycles. The molecule has 294 valence electrons. The van der Waals surface area contributed by atoms with E-state index in [1.54, 1.807) is 13.0 Å². The van der Waals surface area contributed by atoms with Gasteiger partial charge in [0.2, 0.25) is 10.0 Å². The fourth-order valence-corrected chi connectivity index (χ4v) is 10.5. The van der Waals surface area contributed by atoms with Crippen LogP contribution in [0, 0.1) is 17.8 Å².